The third kappa shape index (κ3) is 2.50. The zero-order valence-electron chi connectivity index (χ0n) is 12.8. The molecule has 3 aliphatic heterocycles. The van der Waals surface area contributed by atoms with E-state index in [9.17, 15) is 16.8 Å². The lowest BCUT2D eigenvalue weighted by molar-refractivity contribution is -0.934. The smallest absolute Gasteiger partial charge is 0.274 e. The molecule has 1 aromatic rings. The van der Waals surface area contributed by atoms with E-state index in [1.54, 1.807) is 6.08 Å². The van der Waals surface area contributed by atoms with Crippen molar-refractivity contribution < 1.29 is 26.1 Å². The average molecular weight is 393 g/mol. The fourth-order valence-corrected chi connectivity index (χ4v) is 7.63. The Morgan fingerprint density at radius 1 is 1.25 bits per heavy atom. The molecule has 2 fully saturated rings. The highest BCUT2D eigenvalue weighted by atomic mass is 32.3. The highest BCUT2D eigenvalue weighted by Crippen LogP contribution is 2.40. The Hall–Kier alpha value is -0.980. The van der Waals surface area contributed by atoms with Crippen LogP contribution in [0.15, 0.2) is 20.2 Å². The van der Waals surface area contributed by atoms with Gasteiger partial charge >= 0.3 is 0 Å². The molecule has 11 heteroatoms. The van der Waals surface area contributed by atoms with Crippen LogP contribution in [0.2, 0.25) is 0 Å². The number of piperazine rings is 1. The van der Waals surface area contributed by atoms with Gasteiger partial charge in [-0.05, 0) is 12.1 Å². The highest BCUT2D eigenvalue weighted by molar-refractivity contribution is 7.94. The molecule has 0 atom stereocenters. The van der Waals surface area contributed by atoms with Gasteiger partial charge < -0.3 is 9.22 Å². The Morgan fingerprint density at radius 3 is 2.62 bits per heavy atom. The van der Waals surface area contributed by atoms with Crippen LogP contribution in [-0.2, 0) is 24.8 Å². The highest BCUT2D eigenvalue weighted by Gasteiger charge is 2.44. The van der Waals surface area contributed by atoms with Gasteiger partial charge in [-0.15, -0.1) is 11.3 Å². The van der Waals surface area contributed by atoms with E-state index in [1.165, 1.54) is 10.4 Å². The normalized spacial score (nSPS) is 25.0. The van der Waals surface area contributed by atoms with Gasteiger partial charge in [0.2, 0.25) is 10.0 Å². The predicted octanol–water partition coefficient (Wildman–Crippen LogP) is -0.399. The largest absolute Gasteiger partial charge is 0.370 e. The molecule has 2 saturated heterocycles. The molecule has 132 valence electrons. The fraction of sp³-hybridized carbons (Fsp3) is 0.538. The first-order valence-corrected chi connectivity index (χ1v) is 11.3. The van der Waals surface area contributed by atoms with Gasteiger partial charge in [-0.3, -0.25) is 4.31 Å². The summed E-state index contributed by atoms with van der Waals surface area (Å²) >= 11 is 0.720. The molecular formula is C13H18N3O5S3+. The molecule has 0 saturated carbocycles. The van der Waals surface area contributed by atoms with E-state index in [4.69, 9.17) is 9.88 Å². The maximum absolute atomic E-state index is 12.9. The van der Waals surface area contributed by atoms with Crippen LogP contribution in [0.4, 0.5) is 0 Å². The first-order chi connectivity index (χ1) is 11.2. The lowest BCUT2D eigenvalue weighted by Gasteiger charge is -2.48. The maximum Gasteiger partial charge on any atom is 0.274 e. The molecule has 0 aromatic carbocycles. The van der Waals surface area contributed by atoms with Crippen molar-refractivity contribution in [3.63, 3.8) is 0 Å². The standard InChI is InChI=1S/C13H18N3O5S3/c14-23(17,18)12-8-10-7-11-9-16(3-5-21-6-4-16)2-1-15(11)24(19,20)13(10)22-12/h7-8H,1-6,9H2,(H2,14,17,18)/q+1. The number of rotatable bonds is 1. The molecule has 24 heavy (non-hydrogen) atoms. The monoisotopic (exact) mass is 392 g/mol. The Kier molecular flexibility index (Phi) is 3.61. The Morgan fingerprint density at radius 2 is 1.96 bits per heavy atom. The molecule has 0 aliphatic carbocycles. The number of fused-ring (bicyclic) bond motifs is 2. The van der Waals surface area contributed by atoms with Crippen LogP contribution in [-0.4, -0.2) is 71.6 Å². The summed E-state index contributed by atoms with van der Waals surface area (Å²) < 4.78 is 56.5. The van der Waals surface area contributed by atoms with E-state index in [0.717, 1.165) is 41.2 Å². The number of morpholine rings is 1. The topological polar surface area (TPSA) is 107 Å². The van der Waals surface area contributed by atoms with Crippen molar-refractivity contribution in [3.05, 3.63) is 17.3 Å². The second kappa shape index (κ2) is 5.26. The number of ether oxygens (including phenoxy) is 1. The predicted molar refractivity (Wildman–Crippen MR) is 88.1 cm³/mol. The van der Waals surface area contributed by atoms with Gasteiger partial charge in [0.25, 0.3) is 10.0 Å². The first-order valence-electron chi connectivity index (χ1n) is 7.54. The summed E-state index contributed by atoms with van der Waals surface area (Å²) in [7, 11) is -7.64. The quantitative estimate of drug-likeness (QED) is 0.655. The van der Waals surface area contributed by atoms with Gasteiger partial charge in [-0.2, -0.15) is 0 Å². The van der Waals surface area contributed by atoms with Gasteiger partial charge in [0, 0.05) is 5.56 Å². The number of hydrogen-bond acceptors (Lipinski definition) is 6. The number of quaternary nitrogens is 1. The minimum Gasteiger partial charge on any atom is -0.370 e. The summed E-state index contributed by atoms with van der Waals surface area (Å²) in [6.07, 6.45) is 1.79. The van der Waals surface area contributed by atoms with Crippen LogP contribution in [0.1, 0.15) is 5.56 Å². The Balaban J connectivity index is 1.79. The van der Waals surface area contributed by atoms with Crippen molar-refractivity contribution in [1.29, 1.82) is 0 Å². The fourth-order valence-electron chi connectivity index (χ4n) is 3.54. The molecule has 2 N–H and O–H groups in total. The Labute approximate surface area is 144 Å². The maximum atomic E-state index is 12.9. The van der Waals surface area contributed by atoms with Crippen LogP contribution in [0.5, 0.6) is 0 Å². The number of hydrogen-bond donors (Lipinski definition) is 1. The third-order valence-corrected chi connectivity index (χ3v) is 9.79. The van der Waals surface area contributed by atoms with Crippen LogP contribution in [0, 0.1) is 0 Å². The number of nitrogens with zero attached hydrogens (tertiary/aromatic N) is 2. The molecule has 0 radical (unpaired) electrons. The summed E-state index contributed by atoms with van der Waals surface area (Å²) in [6.45, 7) is 4.84. The summed E-state index contributed by atoms with van der Waals surface area (Å²) in [5.74, 6) is 0. The molecule has 0 amide bonds. The second-order valence-corrected chi connectivity index (χ2v) is 11.2. The Bertz CT molecular complexity index is 926. The van der Waals surface area contributed by atoms with Crippen LogP contribution in [0.25, 0.3) is 6.08 Å². The second-order valence-electron chi connectivity index (χ2n) is 6.35. The molecule has 4 rings (SSSR count). The molecule has 0 bridgehead atoms. The van der Waals surface area contributed by atoms with Gasteiger partial charge in [0.05, 0.1) is 32.0 Å². The number of sulfonamides is 2. The average Bonchev–Trinajstić information content (AvgIpc) is 2.93. The molecular weight excluding hydrogens is 374 g/mol. The summed E-state index contributed by atoms with van der Waals surface area (Å²) in [6, 6.07) is 1.36. The molecule has 3 aliphatic rings. The lowest BCUT2D eigenvalue weighted by atomic mass is 10.1. The van der Waals surface area contributed by atoms with Crippen molar-refractivity contribution in [2.45, 2.75) is 8.42 Å². The molecule has 1 aromatic heterocycles. The van der Waals surface area contributed by atoms with E-state index < -0.39 is 20.0 Å². The summed E-state index contributed by atoms with van der Waals surface area (Å²) in [4.78, 5) is 0. The zero-order chi connectivity index (χ0) is 17.2. The van der Waals surface area contributed by atoms with Crippen LogP contribution < -0.4 is 5.14 Å². The van der Waals surface area contributed by atoms with E-state index in [1.807, 2.05) is 0 Å². The van der Waals surface area contributed by atoms with E-state index >= 15 is 0 Å². The van der Waals surface area contributed by atoms with E-state index in [-0.39, 0.29) is 8.42 Å². The number of primary sulfonamides is 1. The molecule has 4 heterocycles. The number of nitrogens with two attached hydrogens (primary N) is 1. The van der Waals surface area contributed by atoms with E-state index in [0.29, 0.717) is 31.9 Å². The summed E-state index contributed by atoms with van der Waals surface area (Å²) in [5.41, 5.74) is 1.14. The van der Waals surface area contributed by atoms with Crippen molar-refractivity contribution in [1.82, 2.24) is 4.31 Å². The van der Waals surface area contributed by atoms with Crippen molar-refractivity contribution >= 4 is 37.5 Å². The lowest BCUT2D eigenvalue weighted by Crippen LogP contribution is -2.63. The van der Waals surface area contributed by atoms with Crippen LogP contribution in [0.3, 0.4) is 0 Å². The van der Waals surface area contributed by atoms with Gasteiger partial charge in [-0.1, -0.05) is 0 Å². The first kappa shape index (κ1) is 16.5. The van der Waals surface area contributed by atoms with Crippen LogP contribution >= 0.6 is 11.3 Å². The molecule has 8 nitrogen and oxygen atoms in total. The minimum atomic E-state index is -3.92. The SMILES string of the molecule is NS(=O)(=O)c1cc2c(s1)S(=O)(=O)N1CC[N+]3(CCOCC3)CC1=C2. The van der Waals surface area contributed by atoms with E-state index in [2.05, 4.69) is 0 Å². The van der Waals surface area contributed by atoms with Crippen molar-refractivity contribution in [2.24, 2.45) is 5.14 Å². The van der Waals surface area contributed by atoms with Crippen molar-refractivity contribution in [3.8, 4) is 0 Å². The van der Waals surface area contributed by atoms with Gasteiger partial charge in [0.1, 0.15) is 28.1 Å². The van der Waals surface area contributed by atoms with Gasteiger partial charge in [-0.25, -0.2) is 22.0 Å². The zero-order valence-corrected chi connectivity index (χ0v) is 15.3. The summed E-state index contributed by atoms with van der Waals surface area (Å²) in [5, 5.41) is 5.15. The third-order valence-electron chi connectivity index (χ3n) is 4.84. The minimum absolute atomic E-state index is 0.0608. The van der Waals surface area contributed by atoms with Crippen molar-refractivity contribution in [2.75, 3.05) is 45.9 Å². The van der Waals surface area contributed by atoms with Gasteiger partial charge in [0.15, 0.2) is 0 Å². The molecule has 0 unspecified atom stereocenters. The number of thiophene rings is 1. The molecule has 1 spiro atoms.